The van der Waals surface area contributed by atoms with E-state index in [9.17, 15) is 0 Å². The Labute approximate surface area is 219 Å². The van der Waals surface area contributed by atoms with Gasteiger partial charge in [-0.1, -0.05) is 26.0 Å². The SMILES string of the molecule is CCOC(C)O[C@@H]1/C(=C\CC/C=C2/CCC[C@@](C)(C3CO3)[C@H]2OC(C)OCC)CCC[C@]1(C)C1CO1. The van der Waals surface area contributed by atoms with E-state index < -0.39 is 0 Å². The van der Waals surface area contributed by atoms with Crippen molar-refractivity contribution in [3.8, 4) is 0 Å². The number of unbranched alkanes of at least 4 members (excludes halogenated alkanes) is 1. The van der Waals surface area contributed by atoms with Gasteiger partial charge >= 0.3 is 0 Å². The summed E-state index contributed by atoms with van der Waals surface area (Å²) in [4.78, 5) is 0. The van der Waals surface area contributed by atoms with Crippen molar-refractivity contribution in [2.24, 2.45) is 10.8 Å². The number of ether oxygens (including phenoxy) is 6. The molecule has 0 aromatic rings. The fraction of sp³-hybridized carbons (Fsp3) is 0.867. The van der Waals surface area contributed by atoms with Gasteiger partial charge in [-0.3, -0.25) is 0 Å². The Morgan fingerprint density at radius 2 is 1.17 bits per heavy atom. The van der Waals surface area contributed by atoms with Crippen LogP contribution in [0.1, 0.15) is 92.9 Å². The van der Waals surface area contributed by atoms with Gasteiger partial charge in [0.15, 0.2) is 12.6 Å². The Morgan fingerprint density at radius 3 is 1.50 bits per heavy atom. The maximum Gasteiger partial charge on any atom is 0.155 e. The number of hydrogen-bond acceptors (Lipinski definition) is 6. The lowest BCUT2D eigenvalue weighted by Gasteiger charge is -2.43. The molecule has 206 valence electrons. The molecule has 4 fully saturated rings. The third kappa shape index (κ3) is 6.62. The lowest BCUT2D eigenvalue weighted by Crippen LogP contribution is -2.45. The van der Waals surface area contributed by atoms with Crippen LogP contribution in [0, 0.1) is 10.8 Å². The van der Waals surface area contributed by atoms with Crippen LogP contribution in [-0.4, -0.2) is 63.4 Å². The van der Waals surface area contributed by atoms with E-state index in [2.05, 4.69) is 26.0 Å². The topological polar surface area (TPSA) is 62.0 Å². The normalized spacial score (nSPS) is 40.4. The molecule has 4 rings (SSSR count). The number of epoxide rings is 2. The Bertz CT molecular complexity index is 707. The molecular weight excluding hydrogens is 456 g/mol. The second-order valence-electron chi connectivity index (χ2n) is 11.6. The fourth-order valence-electron chi connectivity index (χ4n) is 6.61. The van der Waals surface area contributed by atoms with Crippen molar-refractivity contribution >= 4 is 0 Å². The monoisotopic (exact) mass is 506 g/mol. The number of rotatable bonds is 13. The highest BCUT2D eigenvalue weighted by atomic mass is 16.7. The van der Waals surface area contributed by atoms with Crippen molar-refractivity contribution in [2.75, 3.05) is 26.4 Å². The van der Waals surface area contributed by atoms with Gasteiger partial charge in [-0.25, -0.2) is 0 Å². The number of hydrogen-bond donors (Lipinski definition) is 0. The predicted octanol–water partition coefficient (Wildman–Crippen LogP) is 6.33. The van der Waals surface area contributed by atoms with Crippen LogP contribution in [0.4, 0.5) is 0 Å². The zero-order chi connectivity index (χ0) is 25.8. The van der Waals surface area contributed by atoms with E-state index in [0.717, 1.165) is 51.7 Å². The quantitative estimate of drug-likeness (QED) is 0.126. The molecule has 2 saturated carbocycles. The first-order valence-corrected chi connectivity index (χ1v) is 14.5. The highest BCUT2D eigenvalue weighted by molar-refractivity contribution is 5.22. The second kappa shape index (κ2) is 12.4. The minimum atomic E-state index is -0.212. The summed E-state index contributed by atoms with van der Waals surface area (Å²) in [7, 11) is 0. The first kappa shape index (κ1) is 28.3. The molecule has 0 radical (unpaired) electrons. The molecule has 2 heterocycles. The molecule has 0 amide bonds. The molecule has 6 nitrogen and oxygen atoms in total. The van der Waals surface area contributed by atoms with E-state index in [-0.39, 0.29) is 35.6 Å². The standard InChI is InChI=1S/C30H50O6/c1-7-31-21(3)35-27-23(15-11-17-29(27,5)25-19-33-25)13-9-10-14-24-16-12-18-30(6,26-20-34-26)28(24)36-22(4)32-8-2/h13-14,21-22,25-28H,7-12,15-20H2,1-6H3/b23-13-,24-14-/t21?,22?,25?,26?,27-,28+,29-,30+. The molecule has 0 N–H and O–H groups in total. The lowest BCUT2D eigenvalue weighted by molar-refractivity contribution is -0.182. The minimum absolute atomic E-state index is 0.0255. The van der Waals surface area contributed by atoms with Gasteiger partial charge < -0.3 is 28.4 Å². The molecule has 0 bridgehead atoms. The minimum Gasteiger partial charge on any atom is -0.372 e. The molecule has 2 saturated heterocycles. The van der Waals surface area contributed by atoms with E-state index in [0.29, 0.717) is 25.4 Å². The summed E-state index contributed by atoms with van der Waals surface area (Å²) in [5.41, 5.74) is 2.89. The van der Waals surface area contributed by atoms with Gasteiger partial charge in [0.1, 0.15) is 0 Å². The summed E-state index contributed by atoms with van der Waals surface area (Å²) in [6.45, 7) is 15.8. The molecule has 0 aromatic heterocycles. The summed E-state index contributed by atoms with van der Waals surface area (Å²) in [6.07, 6.45) is 14.0. The van der Waals surface area contributed by atoms with Crippen molar-refractivity contribution < 1.29 is 28.4 Å². The maximum absolute atomic E-state index is 6.52. The van der Waals surface area contributed by atoms with Crippen LogP contribution in [0.3, 0.4) is 0 Å². The Morgan fingerprint density at radius 1 is 0.778 bits per heavy atom. The molecule has 6 heteroatoms. The molecule has 0 spiro atoms. The average Bonchev–Trinajstić information content (AvgIpc) is 3.73. The largest absolute Gasteiger partial charge is 0.372 e. The van der Waals surface area contributed by atoms with E-state index >= 15 is 0 Å². The summed E-state index contributed by atoms with van der Waals surface area (Å²) in [5, 5.41) is 0. The Kier molecular flexibility index (Phi) is 9.73. The molecule has 36 heavy (non-hydrogen) atoms. The third-order valence-corrected chi connectivity index (χ3v) is 8.81. The van der Waals surface area contributed by atoms with Gasteiger partial charge in [0.2, 0.25) is 0 Å². The summed E-state index contributed by atoms with van der Waals surface area (Å²) in [5.74, 6) is 0. The summed E-state index contributed by atoms with van der Waals surface area (Å²) in [6, 6.07) is 0. The van der Waals surface area contributed by atoms with E-state index in [1.807, 2.05) is 27.7 Å². The summed E-state index contributed by atoms with van der Waals surface area (Å²) < 4.78 is 36.1. The van der Waals surface area contributed by atoms with Gasteiger partial charge in [-0.05, 0) is 90.2 Å². The van der Waals surface area contributed by atoms with Crippen LogP contribution in [0.15, 0.2) is 23.3 Å². The van der Waals surface area contributed by atoms with Gasteiger partial charge in [0.25, 0.3) is 0 Å². The Balaban J connectivity index is 1.45. The van der Waals surface area contributed by atoms with Gasteiger partial charge in [0.05, 0.1) is 37.6 Å². The Hall–Kier alpha value is -0.760. The van der Waals surface area contributed by atoms with Crippen LogP contribution in [0.5, 0.6) is 0 Å². The van der Waals surface area contributed by atoms with E-state index in [1.165, 1.54) is 24.0 Å². The number of allylic oxidation sites excluding steroid dienone is 2. The van der Waals surface area contributed by atoms with E-state index in [1.54, 1.807) is 0 Å². The fourth-order valence-corrected chi connectivity index (χ4v) is 6.61. The molecule has 8 atom stereocenters. The first-order valence-electron chi connectivity index (χ1n) is 14.5. The highest BCUT2D eigenvalue weighted by Crippen LogP contribution is 2.50. The lowest BCUT2D eigenvalue weighted by atomic mass is 9.68. The van der Waals surface area contributed by atoms with Crippen LogP contribution >= 0.6 is 0 Å². The van der Waals surface area contributed by atoms with Crippen LogP contribution in [0.2, 0.25) is 0 Å². The van der Waals surface area contributed by atoms with Crippen LogP contribution in [-0.2, 0) is 28.4 Å². The first-order chi connectivity index (χ1) is 17.3. The molecule has 0 aromatic carbocycles. The molecule has 2 aliphatic heterocycles. The summed E-state index contributed by atoms with van der Waals surface area (Å²) >= 11 is 0. The van der Waals surface area contributed by atoms with Gasteiger partial charge in [-0.15, -0.1) is 0 Å². The van der Waals surface area contributed by atoms with Crippen molar-refractivity contribution in [1.82, 2.24) is 0 Å². The zero-order valence-corrected chi connectivity index (χ0v) is 23.6. The average molecular weight is 507 g/mol. The highest BCUT2D eigenvalue weighted by Gasteiger charge is 2.53. The molecule has 4 unspecified atom stereocenters. The molecule has 2 aliphatic carbocycles. The van der Waals surface area contributed by atoms with Gasteiger partial charge in [-0.2, -0.15) is 0 Å². The van der Waals surface area contributed by atoms with E-state index in [4.69, 9.17) is 28.4 Å². The smallest absolute Gasteiger partial charge is 0.155 e. The van der Waals surface area contributed by atoms with Crippen molar-refractivity contribution in [2.45, 2.75) is 130 Å². The van der Waals surface area contributed by atoms with Crippen LogP contribution in [0.25, 0.3) is 0 Å². The van der Waals surface area contributed by atoms with Crippen molar-refractivity contribution in [3.63, 3.8) is 0 Å². The molecule has 4 aliphatic rings. The zero-order valence-electron chi connectivity index (χ0n) is 23.6. The molecular formula is C30H50O6. The predicted molar refractivity (Wildman–Crippen MR) is 141 cm³/mol. The maximum atomic E-state index is 6.52. The van der Waals surface area contributed by atoms with Crippen LogP contribution < -0.4 is 0 Å². The van der Waals surface area contributed by atoms with Crippen molar-refractivity contribution in [1.29, 1.82) is 0 Å². The van der Waals surface area contributed by atoms with Crippen molar-refractivity contribution in [3.05, 3.63) is 23.3 Å². The van der Waals surface area contributed by atoms with Gasteiger partial charge in [0, 0.05) is 24.0 Å². The second-order valence-corrected chi connectivity index (χ2v) is 11.6. The third-order valence-electron chi connectivity index (χ3n) is 8.81.